The lowest BCUT2D eigenvalue weighted by Gasteiger charge is -2.15. The van der Waals surface area contributed by atoms with Crippen LogP contribution >= 0.6 is 0 Å². The number of rotatable bonds is 6. The van der Waals surface area contributed by atoms with Gasteiger partial charge in [0.2, 0.25) is 0 Å². The van der Waals surface area contributed by atoms with Gasteiger partial charge in [-0.3, -0.25) is 4.79 Å². The Morgan fingerprint density at radius 2 is 1.76 bits per heavy atom. The first-order valence-corrected chi connectivity index (χ1v) is 9.46. The van der Waals surface area contributed by atoms with Gasteiger partial charge in [-0.25, -0.2) is 9.97 Å². The highest BCUT2D eigenvalue weighted by Gasteiger charge is 2.14. The smallest absolute Gasteiger partial charge is 0.287 e. The second kappa shape index (κ2) is 8.14. The van der Waals surface area contributed by atoms with Crippen LogP contribution in [0.25, 0.3) is 11.0 Å². The van der Waals surface area contributed by atoms with Crippen molar-refractivity contribution in [1.82, 2.24) is 14.7 Å². The molecule has 0 radical (unpaired) electrons. The predicted molar refractivity (Wildman–Crippen MR) is 114 cm³/mol. The number of benzene rings is 2. The zero-order valence-corrected chi connectivity index (χ0v) is 16.4. The Balaban J connectivity index is 1.68. The topological polar surface area (TPSA) is 69.0 Å². The summed E-state index contributed by atoms with van der Waals surface area (Å²) in [6, 6.07) is 19.5. The van der Waals surface area contributed by atoms with Crippen molar-refractivity contribution in [3.8, 4) is 0 Å². The van der Waals surface area contributed by atoms with E-state index in [1.807, 2.05) is 43.3 Å². The molecular weight excluding hydrogens is 364 g/mol. The van der Waals surface area contributed by atoms with E-state index in [9.17, 15) is 4.79 Å². The van der Waals surface area contributed by atoms with Crippen LogP contribution in [-0.2, 0) is 13.2 Å². The molecule has 0 aliphatic heterocycles. The van der Waals surface area contributed by atoms with Gasteiger partial charge in [0.05, 0.1) is 16.8 Å². The first kappa shape index (κ1) is 18.7. The Labute approximate surface area is 168 Å². The van der Waals surface area contributed by atoms with Gasteiger partial charge in [-0.1, -0.05) is 60.2 Å². The molecule has 0 aliphatic carbocycles. The Morgan fingerprint density at radius 3 is 2.55 bits per heavy atom. The van der Waals surface area contributed by atoms with Crippen LogP contribution < -0.4 is 15.7 Å². The number of anilines is 1. The lowest BCUT2D eigenvalue weighted by Crippen LogP contribution is -2.28. The Kier molecular flexibility index (Phi) is 5.24. The summed E-state index contributed by atoms with van der Waals surface area (Å²) in [6.07, 6.45) is 1.45. The number of pyridine rings is 1. The number of hydrogen-bond donors (Lipinski definition) is 1. The summed E-state index contributed by atoms with van der Waals surface area (Å²) in [5, 5.41) is 4.14. The average molecular weight is 386 g/mol. The summed E-state index contributed by atoms with van der Waals surface area (Å²) in [6.45, 7) is 4.82. The summed E-state index contributed by atoms with van der Waals surface area (Å²) in [7, 11) is 0. The van der Waals surface area contributed by atoms with E-state index in [0.717, 1.165) is 22.2 Å². The minimum Gasteiger partial charge on any atom is -0.404 e. The van der Waals surface area contributed by atoms with Crippen molar-refractivity contribution >= 4 is 16.7 Å². The van der Waals surface area contributed by atoms with E-state index in [4.69, 9.17) is 4.84 Å². The maximum absolute atomic E-state index is 12.8. The molecule has 0 unspecified atom stereocenters. The standard InChI is InChI=1S/C23H22N4O2/c1-16-7-6-10-19(11-16)13-24-20-12-21(28)27(23-22(20)17(2)25-15-26-23)29-14-18-8-4-3-5-9-18/h3-12,15,24H,13-14H2,1-2H3. The molecule has 0 saturated carbocycles. The van der Waals surface area contributed by atoms with Crippen LogP contribution in [-0.4, -0.2) is 14.7 Å². The van der Waals surface area contributed by atoms with Crippen LogP contribution in [0.3, 0.4) is 0 Å². The van der Waals surface area contributed by atoms with Crippen molar-refractivity contribution in [3.05, 3.63) is 99.7 Å². The largest absolute Gasteiger partial charge is 0.404 e. The van der Waals surface area contributed by atoms with E-state index >= 15 is 0 Å². The predicted octanol–water partition coefficient (Wildman–Crippen LogP) is 3.65. The van der Waals surface area contributed by atoms with Crippen molar-refractivity contribution < 1.29 is 4.84 Å². The molecule has 2 aromatic carbocycles. The molecule has 0 saturated heterocycles. The molecule has 6 nitrogen and oxygen atoms in total. The molecule has 29 heavy (non-hydrogen) atoms. The van der Waals surface area contributed by atoms with Crippen LogP contribution in [0.4, 0.5) is 5.69 Å². The molecule has 4 aromatic rings. The van der Waals surface area contributed by atoms with Gasteiger partial charge >= 0.3 is 0 Å². The van der Waals surface area contributed by atoms with Crippen LogP contribution in [0.2, 0.25) is 0 Å². The molecule has 0 atom stereocenters. The second-order valence-corrected chi connectivity index (χ2v) is 6.95. The van der Waals surface area contributed by atoms with Gasteiger partial charge in [-0.15, -0.1) is 4.73 Å². The number of fused-ring (bicyclic) bond motifs is 1. The van der Waals surface area contributed by atoms with Crippen molar-refractivity contribution in [1.29, 1.82) is 0 Å². The SMILES string of the molecule is Cc1cccc(CNc2cc(=O)n(OCc3ccccc3)c3ncnc(C)c23)c1. The molecule has 1 N–H and O–H groups in total. The highest BCUT2D eigenvalue weighted by Crippen LogP contribution is 2.23. The van der Waals surface area contributed by atoms with Gasteiger partial charge in [-0.2, -0.15) is 0 Å². The van der Waals surface area contributed by atoms with Crippen molar-refractivity contribution in [2.75, 3.05) is 5.32 Å². The monoisotopic (exact) mass is 386 g/mol. The summed E-state index contributed by atoms with van der Waals surface area (Å²) in [4.78, 5) is 27.2. The highest BCUT2D eigenvalue weighted by atomic mass is 16.7. The third-order valence-electron chi connectivity index (χ3n) is 4.72. The van der Waals surface area contributed by atoms with Gasteiger partial charge in [0.1, 0.15) is 12.9 Å². The number of aryl methyl sites for hydroxylation is 2. The van der Waals surface area contributed by atoms with E-state index in [0.29, 0.717) is 17.9 Å². The van der Waals surface area contributed by atoms with Gasteiger partial charge in [0.25, 0.3) is 5.56 Å². The zero-order chi connectivity index (χ0) is 20.2. The van der Waals surface area contributed by atoms with Crippen LogP contribution in [0.5, 0.6) is 0 Å². The molecule has 0 bridgehead atoms. The van der Waals surface area contributed by atoms with Crippen molar-refractivity contribution in [2.24, 2.45) is 0 Å². The third kappa shape index (κ3) is 4.11. The van der Waals surface area contributed by atoms with Crippen molar-refractivity contribution in [3.63, 3.8) is 0 Å². The zero-order valence-electron chi connectivity index (χ0n) is 16.4. The summed E-state index contributed by atoms with van der Waals surface area (Å²) >= 11 is 0. The maximum Gasteiger partial charge on any atom is 0.287 e. The number of aromatic nitrogens is 3. The fourth-order valence-corrected chi connectivity index (χ4v) is 3.29. The molecule has 4 rings (SSSR count). The maximum atomic E-state index is 12.8. The molecule has 6 heteroatoms. The normalized spacial score (nSPS) is 10.8. The van der Waals surface area contributed by atoms with E-state index in [2.05, 4.69) is 40.4 Å². The summed E-state index contributed by atoms with van der Waals surface area (Å²) < 4.78 is 1.24. The van der Waals surface area contributed by atoms with E-state index in [-0.39, 0.29) is 12.2 Å². The Hall–Kier alpha value is -3.67. The van der Waals surface area contributed by atoms with Crippen LogP contribution in [0, 0.1) is 13.8 Å². The Bertz CT molecular complexity index is 1200. The lowest BCUT2D eigenvalue weighted by molar-refractivity contribution is 0.0979. The second-order valence-electron chi connectivity index (χ2n) is 6.95. The first-order chi connectivity index (χ1) is 14.1. The minimum absolute atomic E-state index is 0.273. The van der Waals surface area contributed by atoms with E-state index in [1.54, 1.807) is 6.07 Å². The highest BCUT2D eigenvalue weighted by molar-refractivity contribution is 5.90. The van der Waals surface area contributed by atoms with Crippen molar-refractivity contribution in [2.45, 2.75) is 27.0 Å². The quantitative estimate of drug-likeness (QED) is 0.548. The molecule has 0 fully saturated rings. The first-order valence-electron chi connectivity index (χ1n) is 9.46. The van der Waals surface area contributed by atoms with Gasteiger partial charge < -0.3 is 10.2 Å². The third-order valence-corrected chi connectivity index (χ3v) is 4.72. The Morgan fingerprint density at radius 1 is 0.966 bits per heavy atom. The molecule has 0 spiro atoms. The molecule has 2 heterocycles. The fraction of sp³-hybridized carbons (Fsp3) is 0.174. The molecule has 0 aliphatic rings. The van der Waals surface area contributed by atoms with Gasteiger partial charge in [0.15, 0.2) is 5.65 Å². The summed E-state index contributed by atoms with van der Waals surface area (Å²) in [5.74, 6) is 0. The lowest BCUT2D eigenvalue weighted by atomic mass is 10.1. The average Bonchev–Trinajstić information content (AvgIpc) is 2.72. The van der Waals surface area contributed by atoms with Gasteiger partial charge in [0, 0.05) is 12.6 Å². The molecule has 0 amide bonds. The van der Waals surface area contributed by atoms with Crippen LogP contribution in [0.1, 0.15) is 22.4 Å². The molecule has 146 valence electrons. The summed E-state index contributed by atoms with van der Waals surface area (Å²) in [5.41, 5.74) is 4.95. The number of nitrogens with zero attached hydrogens (tertiary/aromatic N) is 3. The molecular formula is C23H22N4O2. The molecule has 2 aromatic heterocycles. The van der Waals surface area contributed by atoms with E-state index < -0.39 is 0 Å². The number of nitrogens with one attached hydrogen (secondary N) is 1. The van der Waals surface area contributed by atoms with Gasteiger partial charge in [-0.05, 0) is 25.0 Å². The number of hydrogen-bond acceptors (Lipinski definition) is 5. The minimum atomic E-state index is -0.279. The van der Waals surface area contributed by atoms with E-state index in [1.165, 1.54) is 16.6 Å². The van der Waals surface area contributed by atoms with Crippen LogP contribution in [0.15, 0.2) is 71.8 Å². The fourth-order valence-electron chi connectivity index (χ4n) is 3.29.